The molecule has 0 aliphatic heterocycles. The minimum atomic E-state index is -3.63. The number of benzene rings is 3. The van der Waals surface area contributed by atoms with Crippen molar-refractivity contribution < 1.29 is 22.7 Å². The zero-order valence-corrected chi connectivity index (χ0v) is 18.6. The number of hydrogen-bond acceptors (Lipinski definition) is 5. The first-order valence-electron chi connectivity index (χ1n) is 10.1. The quantitative estimate of drug-likeness (QED) is 0.434. The monoisotopic (exact) mass is 454 g/mol. The van der Waals surface area contributed by atoms with E-state index in [2.05, 4.69) is 10.0 Å². The van der Waals surface area contributed by atoms with Gasteiger partial charge in [-0.15, -0.1) is 0 Å². The Morgan fingerprint density at radius 1 is 0.875 bits per heavy atom. The average molecular weight is 455 g/mol. The summed E-state index contributed by atoms with van der Waals surface area (Å²) in [6.07, 6.45) is 0. The van der Waals surface area contributed by atoms with E-state index in [-0.39, 0.29) is 24.0 Å². The smallest absolute Gasteiger partial charge is 0.251 e. The lowest BCUT2D eigenvalue weighted by Gasteiger charge is -2.09. The fraction of sp³-hybridized carbons (Fsp3) is 0.208. The topological polar surface area (TPSA) is 93.7 Å². The Kier molecular flexibility index (Phi) is 8.38. The van der Waals surface area contributed by atoms with Gasteiger partial charge in [0.1, 0.15) is 12.4 Å². The van der Waals surface area contributed by atoms with E-state index in [0.29, 0.717) is 18.7 Å². The van der Waals surface area contributed by atoms with Crippen molar-refractivity contribution in [1.82, 2.24) is 10.0 Å². The normalized spacial score (nSPS) is 11.2. The minimum absolute atomic E-state index is 0.0958. The van der Waals surface area contributed by atoms with Crippen LogP contribution in [0.5, 0.6) is 5.75 Å². The van der Waals surface area contributed by atoms with Crippen LogP contribution in [0.1, 0.15) is 21.5 Å². The minimum Gasteiger partial charge on any atom is -0.489 e. The van der Waals surface area contributed by atoms with Crippen molar-refractivity contribution in [3.05, 3.63) is 95.6 Å². The molecule has 3 rings (SSSR count). The Labute approximate surface area is 188 Å². The van der Waals surface area contributed by atoms with E-state index in [9.17, 15) is 13.2 Å². The third-order valence-electron chi connectivity index (χ3n) is 4.65. The van der Waals surface area contributed by atoms with Gasteiger partial charge < -0.3 is 14.8 Å². The Morgan fingerprint density at radius 3 is 2.19 bits per heavy atom. The highest BCUT2D eigenvalue weighted by atomic mass is 32.2. The molecule has 0 atom stereocenters. The molecule has 0 unspecified atom stereocenters. The van der Waals surface area contributed by atoms with Gasteiger partial charge in [-0.1, -0.05) is 42.5 Å². The number of carbonyl (C=O) groups is 1. The molecule has 0 radical (unpaired) electrons. The second kappa shape index (κ2) is 11.4. The standard InChI is InChI=1S/C24H26N2O5S/c1-30-16-15-26-32(28,29)23-13-11-21(12-14-23)24(27)25-17-19-7-9-20(10-8-19)18-31-22-5-3-2-4-6-22/h2-14,26H,15-18H2,1H3,(H,25,27). The Morgan fingerprint density at radius 2 is 1.53 bits per heavy atom. The number of ether oxygens (including phenoxy) is 2. The van der Waals surface area contributed by atoms with Crippen molar-refractivity contribution in [1.29, 1.82) is 0 Å². The molecule has 0 heterocycles. The van der Waals surface area contributed by atoms with Crippen molar-refractivity contribution in [3.8, 4) is 5.75 Å². The molecule has 3 aromatic rings. The van der Waals surface area contributed by atoms with E-state index in [1.165, 1.54) is 31.4 Å². The highest BCUT2D eigenvalue weighted by molar-refractivity contribution is 7.89. The van der Waals surface area contributed by atoms with E-state index < -0.39 is 10.0 Å². The molecule has 0 saturated heterocycles. The molecule has 32 heavy (non-hydrogen) atoms. The summed E-state index contributed by atoms with van der Waals surface area (Å²) in [4.78, 5) is 12.5. The summed E-state index contributed by atoms with van der Waals surface area (Å²) in [7, 11) is -2.13. The molecule has 0 aliphatic rings. The molecule has 0 aromatic heterocycles. The summed E-state index contributed by atoms with van der Waals surface area (Å²) in [6, 6.07) is 23.2. The molecule has 0 spiro atoms. The zero-order chi connectivity index (χ0) is 22.8. The van der Waals surface area contributed by atoms with E-state index in [1.54, 1.807) is 0 Å². The van der Waals surface area contributed by atoms with Crippen molar-refractivity contribution in [2.45, 2.75) is 18.0 Å². The summed E-state index contributed by atoms with van der Waals surface area (Å²) in [5, 5.41) is 2.84. The third-order valence-corrected chi connectivity index (χ3v) is 6.13. The molecule has 1 amide bonds. The summed E-state index contributed by atoms with van der Waals surface area (Å²) >= 11 is 0. The van der Waals surface area contributed by atoms with E-state index in [4.69, 9.17) is 9.47 Å². The number of para-hydroxylation sites is 1. The molecule has 0 aliphatic carbocycles. The van der Waals surface area contributed by atoms with Gasteiger partial charge in [-0.05, 0) is 47.5 Å². The number of hydrogen-bond donors (Lipinski definition) is 2. The van der Waals surface area contributed by atoms with Crippen LogP contribution in [0.2, 0.25) is 0 Å². The Bertz CT molecular complexity index is 1100. The van der Waals surface area contributed by atoms with E-state index >= 15 is 0 Å². The summed E-state index contributed by atoms with van der Waals surface area (Å²) in [5.74, 6) is 0.534. The maximum atomic E-state index is 12.4. The van der Waals surface area contributed by atoms with E-state index in [0.717, 1.165) is 16.9 Å². The van der Waals surface area contributed by atoms with Crippen molar-refractivity contribution >= 4 is 15.9 Å². The fourth-order valence-electron chi connectivity index (χ4n) is 2.87. The predicted octanol–water partition coefficient (Wildman–Crippen LogP) is 3.12. The van der Waals surface area contributed by atoms with Crippen LogP contribution < -0.4 is 14.8 Å². The second-order valence-corrected chi connectivity index (χ2v) is 8.78. The summed E-state index contributed by atoms with van der Waals surface area (Å²) in [6.45, 7) is 1.28. The zero-order valence-electron chi connectivity index (χ0n) is 17.8. The lowest BCUT2D eigenvalue weighted by Crippen LogP contribution is -2.27. The highest BCUT2D eigenvalue weighted by Crippen LogP contribution is 2.13. The van der Waals surface area contributed by atoms with Gasteiger partial charge in [0.25, 0.3) is 5.91 Å². The van der Waals surface area contributed by atoms with Gasteiger partial charge >= 0.3 is 0 Å². The van der Waals surface area contributed by atoms with Gasteiger partial charge in [-0.3, -0.25) is 4.79 Å². The van der Waals surface area contributed by atoms with Crippen molar-refractivity contribution in [3.63, 3.8) is 0 Å². The van der Waals surface area contributed by atoms with Crippen LogP contribution in [0.4, 0.5) is 0 Å². The summed E-state index contributed by atoms with van der Waals surface area (Å²) < 4.78 is 37.4. The Hall–Kier alpha value is -3.20. The molecule has 168 valence electrons. The van der Waals surface area contributed by atoms with Crippen molar-refractivity contribution in [2.75, 3.05) is 20.3 Å². The van der Waals surface area contributed by atoms with Gasteiger partial charge in [0, 0.05) is 25.8 Å². The van der Waals surface area contributed by atoms with Crippen LogP contribution >= 0.6 is 0 Å². The molecule has 7 nitrogen and oxygen atoms in total. The second-order valence-electron chi connectivity index (χ2n) is 7.02. The van der Waals surface area contributed by atoms with Gasteiger partial charge in [0.05, 0.1) is 11.5 Å². The molecule has 8 heteroatoms. The van der Waals surface area contributed by atoms with Gasteiger partial charge in [-0.2, -0.15) is 0 Å². The number of sulfonamides is 1. The number of nitrogens with one attached hydrogen (secondary N) is 2. The van der Waals surface area contributed by atoms with E-state index in [1.807, 2.05) is 54.6 Å². The van der Waals surface area contributed by atoms with Crippen LogP contribution in [-0.2, 0) is 27.9 Å². The molecule has 0 saturated carbocycles. The van der Waals surface area contributed by atoms with Crippen LogP contribution in [-0.4, -0.2) is 34.6 Å². The van der Waals surface area contributed by atoms with Gasteiger partial charge in [-0.25, -0.2) is 13.1 Å². The van der Waals surface area contributed by atoms with Crippen LogP contribution in [0.25, 0.3) is 0 Å². The maximum Gasteiger partial charge on any atom is 0.251 e. The molecule has 3 aromatic carbocycles. The highest BCUT2D eigenvalue weighted by Gasteiger charge is 2.14. The third kappa shape index (κ3) is 6.91. The van der Waals surface area contributed by atoms with Crippen LogP contribution in [0.3, 0.4) is 0 Å². The number of rotatable bonds is 11. The number of carbonyl (C=O) groups excluding carboxylic acids is 1. The maximum absolute atomic E-state index is 12.4. The first kappa shape index (κ1) is 23.5. The first-order valence-corrected chi connectivity index (χ1v) is 11.6. The molecular weight excluding hydrogens is 428 g/mol. The largest absolute Gasteiger partial charge is 0.489 e. The molecular formula is C24H26N2O5S. The molecule has 0 bridgehead atoms. The fourth-order valence-corrected chi connectivity index (χ4v) is 3.88. The molecule has 2 N–H and O–H groups in total. The first-order chi connectivity index (χ1) is 15.5. The lowest BCUT2D eigenvalue weighted by molar-refractivity contribution is 0.0951. The average Bonchev–Trinajstić information content (AvgIpc) is 2.83. The lowest BCUT2D eigenvalue weighted by atomic mass is 10.1. The SMILES string of the molecule is COCCNS(=O)(=O)c1ccc(C(=O)NCc2ccc(COc3ccccc3)cc2)cc1. The molecule has 0 fully saturated rings. The van der Waals surface area contributed by atoms with Gasteiger partial charge in [0.2, 0.25) is 10.0 Å². The number of methoxy groups -OCH3 is 1. The summed E-state index contributed by atoms with van der Waals surface area (Å²) in [5.41, 5.74) is 2.36. The van der Waals surface area contributed by atoms with Crippen LogP contribution in [0, 0.1) is 0 Å². The van der Waals surface area contributed by atoms with Crippen LogP contribution in [0.15, 0.2) is 83.8 Å². The van der Waals surface area contributed by atoms with Gasteiger partial charge in [0.15, 0.2) is 0 Å². The van der Waals surface area contributed by atoms with Crippen molar-refractivity contribution in [2.24, 2.45) is 0 Å². The predicted molar refractivity (Wildman–Crippen MR) is 122 cm³/mol. The number of amides is 1. The Balaban J connectivity index is 1.49.